The van der Waals surface area contributed by atoms with E-state index in [0.717, 1.165) is 51.8 Å². The lowest BCUT2D eigenvalue weighted by molar-refractivity contribution is 0.336. The van der Waals surface area contributed by atoms with Gasteiger partial charge in [0.05, 0.1) is 16.9 Å². The number of fused-ring (bicyclic) bond motifs is 2. The molecule has 6 rings (SSSR count). The van der Waals surface area contributed by atoms with E-state index in [1.54, 1.807) is 0 Å². The fraction of sp³-hybridized carbons (Fsp3) is 0.231. The first kappa shape index (κ1) is 19.7. The molecule has 1 aliphatic carbocycles. The van der Waals surface area contributed by atoms with Crippen molar-refractivity contribution in [2.75, 3.05) is 5.73 Å². The third-order valence-electron chi connectivity index (χ3n) is 6.34. The van der Waals surface area contributed by atoms with Crippen LogP contribution < -0.4 is 10.5 Å². The minimum absolute atomic E-state index is 0.341. The van der Waals surface area contributed by atoms with Crippen molar-refractivity contribution in [3.05, 3.63) is 67.0 Å². The molecule has 7 nitrogen and oxygen atoms in total. The van der Waals surface area contributed by atoms with Crippen LogP contribution in [0.25, 0.3) is 33.2 Å². The Labute approximate surface area is 191 Å². The highest BCUT2D eigenvalue weighted by atomic mass is 16.5. The highest BCUT2D eigenvalue weighted by Crippen LogP contribution is 2.36. The molecular weight excluding hydrogens is 412 g/mol. The van der Waals surface area contributed by atoms with Crippen LogP contribution in [0.5, 0.6) is 11.6 Å². The average Bonchev–Trinajstić information content (AvgIpc) is 3.26. The molecule has 5 aromatic rings. The smallest absolute Gasteiger partial charge is 0.219 e. The van der Waals surface area contributed by atoms with E-state index in [9.17, 15) is 0 Å². The summed E-state index contributed by atoms with van der Waals surface area (Å²) in [7, 11) is 0. The van der Waals surface area contributed by atoms with Gasteiger partial charge in [-0.2, -0.15) is 5.10 Å². The second-order valence-electron chi connectivity index (χ2n) is 8.51. The number of pyridine rings is 1. The van der Waals surface area contributed by atoms with Crippen LogP contribution >= 0.6 is 0 Å². The third-order valence-corrected chi connectivity index (χ3v) is 6.34. The van der Waals surface area contributed by atoms with Crippen molar-refractivity contribution in [1.82, 2.24) is 24.7 Å². The molecule has 0 bridgehead atoms. The molecule has 0 unspecified atom stereocenters. The molecule has 0 radical (unpaired) electrons. The van der Waals surface area contributed by atoms with Crippen LogP contribution in [0.4, 0.5) is 5.82 Å². The van der Waals surface area contributed by atoms with E-state index >= 15 is 0 Å². The lowest BCUT2D eigenvalue weighted by atomic mass is 9.96. The second-order valence-corrected chi connectivity index (χ2v) is 8.51. The molecule has 0 aliphatic heterocycles. The number of nitrogens with two attached hydrogens (primary N) is 1. The minimum Gasteiger partial charge on any atom is -0.439 e. The average molecular weight is 437 g/mol. The summed E-state index contributed by atoms with van der Waals surface area (Å²) < 4.78 is 8.00. The van der Waals surface area contributed by atoms with Gasteiger partial charge in [-0.1, -0.05) is 49.6 Å². The Morgan fingerprint density at radius 1 is 0.909 bits per heavy atom. The van der Waals surface area contributed by atoms with Crippen LogP contribution in [0.15, 0.2) is 67.0 Å². The highest BCUT2D eigenvalue weighted by Gasteiger charge is 2.23. The van der Waals surface area contributed by atoms with E-state index in [1.165, 1.54) is 25.6 Å². The lowest BCUT2D eigenvalue weighted by Gasteiger charge is -2.22. The SMILES string of the molecule is Nc1ncnc2c1c(-c1ccc3ccc(Oc4ccccc4)nc3c1)nn2C1CCCCC1. The quantitative estimate of drug-likeness (QED) is 0.376. The van der Waals surface area contributed by atoms with E-state index in [0.29, 0.717) is 17.7 Å². The van der Waals surface area contributed by atoms with Crippen molar-refractivity contribution in [2.45, 2.75) is 38.1 Å². The normalized spacial score (nSPS) is 14.7. The Morgan fingerprint density at radius 2 is 1.73 bits per heavy atom. The lowest BCUT2D eigenvalue weighted by Crippen LogP contribution is -2.14. The maximum absolute atomic E-state index is 6.32. The van der Waals surface area contributed by atoms with Gasteiger partial charge in [-0.15, -0.1) is 0 Å². The van der Waals surface area contributed by atoms with Crippen molar-refractivity contribution in [3.63, 3.8) is 0 Å². The standard InChI is InChI=1S/C26H24N6O/c27-25-23-24(31-32(26(23)29-16-28-25)19-7-3-1-4-8-19)18-12-11-17-13-14-22(30-21(17)15-18)33-20-9-5-2-6-10-20/h2,5-6,9-16,19H,1,3-4,7-8H2,(H2,27,28,29). The molecule has 1 aliphatic rings. The van der Waals surface area contributed by atoms with E-state index < -0.39 is 0 Å². The van der Waals surface area contributed by atoms with Gasteiger partial charge in [0, 0.05) is 17.0 Å². The van der Waals surface area contributed by atoms with E-state index in [-0.39, 0.29) is 0 Å². The van der Waals surface area contributed by atoms with Gasteiger partial charge < -0.3 is 10.5 Å². The van der Waals surface area contributed by atoms with Gasteiger partial charge >= 0.3 is 0 Å². The molecule has 2 N–H and O–H groups in total. The van der Waals surface area contributed by atoms with E-state index in [1.807, 2.05) is 48.5 Å². The molecule has 3 aromatic heterocycles. The molecule has 2 aromatic carbocycles. The van der Waals surface area contributed by atoms with Crippen molar-refractivity contribution in [1.29, 1.82) is 0 Å². The van der Waals surface area contributed by atoms with Gasteiger partial charge in [0.15, 0.2) is 5.65 Å². The molecular formula is C26H24N6O. The van der Waals surface area contributed by atoms with Crippen LogP contribution in [0.2, 0.25) is 0 Å². The van der Waals surface area contributed by atoms with Crippen molar-refractivity contribution in [2.24, 2.45) is 0 Å². The van der Waals surface area contributed by atoms with Crippen molar-refractivity contribution < 1.29 is 4.74 Å². The minimum atomic E-state index is 0.341. The van der Waals surface area contributed by atoms with Crippen LogP contribution in [0, 0.1) is 0 Å². The number of para-hydroxylation sites is 1. The number of aromatic nitrogens is 5. The first-order chi connectivity index (χ1) is 16.3. The maximum Gasteiger partial charge on any atom is 0.219 e. The summed E-state index contributed by atoms with van der Waals surface area (Å²) in [6.07, 6.45) is 7.46. The van der Waals surface area contributed by atoms with E-state index in [2.05, 4.69) is 26.8 Å². The van der Waals surface area contributed by atoms with Crippen LogP contribution in [0.3, 0.4) is 0 Å². The first-order valence-corrected chi connectivity index (χ1v) is 11.4. The molecule has 7 heteroatoms. The summed E-state index contributed by atoms with van der Waals surface area (Å²) in [6, 6.07) is 20.0. The summed E-state index contributed by atoms with van der Waals surface area (Å²) in [5, 5.41) is 6.85. The van der Waals surface area contributed by atoms with E-state index in [4.69, 9.17) is 20.6 Å². The number of anilines is 1. The fourth-order valence-electron chi connectivity index (χ4n) is 4.69. The van der Waals surface area contributed by atoms with Crippen LogP contribution in [0.1, 0.15) is 38.1 Å². The fourth-order valence-corrected chi connectivity index (χ4v) is 4.69. The number of nitrogen functional groups attached to an aromatic ring is 1. The molecule has 33 heavy (non-hydrogen) atoms. The summed E-state index contributed by atoms with van der Waals surface area (Å²) in [6.45, 7) is 0. The Balaban J connectivity index is 1.45. The molecule has 164 valence electrons. The van der Waals surface area contributed by atoms with Gasteiger partial charge in [0.1, 0.15) is 23.6 Å². The number of hydrogen-bond acceptors (Lipinski definition) is 6. The zero-order valence-electron chi connectivity index (χ0n) is 18.2. The predicted octanol–water partition coefficient (Wildman–Crippen LogP) is 5.92. The molecule has 0 spiro atoms. The zero-order valence-corrected chi connectivity index (χ0v) is 18.2. The van der Waals surface area contributed by atoms with Gasteiger partial charge in [-0.3, -0.25) is 0 Å². The Bertz CT molecular complexity index is 1440. The number of rotatable bonds is 4. The predicted molar refractivity (Wildman–Crippen MR) is 129 cm³/mol. The van der Waals surface area contributed by atoms with Crippen molar-refractivity contribution >= 4 is 27.8 Å². The van der Waals surface area contributed by atoms with Gasteiger partial charge in [-0.05, 0) is 37.1 Å². The molecule has 1 fully saturated rings. The summed E-state index contributed by atoms with van der Waals surface area (Å²) in [5.74, 6) is 1.75. The molecule has 0 atom stereocenters. The monoisotopic (exact) mass is 436 g/mol. The number of hydrogen-bond donors (Lipinski definition) is 1. The topological polar surface area (TPSA) is 91.7 Å². The maximum atomic E-state index is 6.32. The van der Waals surface area contributed by atoms with Gasteiger partial charge in [0.25, 0.3) is 0 Å². The Kier molecular flexibility index (Phi) is 4.87. The number of nitrogens with zero attached hydrogens (tertiary/aromatic N) is 5. The largest absolute Gasteiger partial charge is 0.439 e. The van der Waals surface area contributed by atoms with Crippen molar-refractivity contribution in [3.8, 4) is 22.9 Å². The molecule has 0 amide bonds. The summed E-state index contributed by atoms with van der Waals surface area (Å²) >= 11 is 0. The third kappa shape index (κ3) is 3.65. The first-order valence-electron chi connectivity index (χ1n) is 11.4. The number of benzene rings is 2. The Hall–Kier alpha value is -4.00. The molecule has 3 heterocycles. The summed E-state index contributed by atoms with van der Waals surface area (Å²) in [4.78, 5) is 13.5. The number of ether oxygens (including phenoxy) is 1. The zero-order chi connectivity index (χ0) is 22.2. The summed E-state index contributed by atoms with van der Waals surface area (Å²) in [5.41, 5.74) is 9.69. The van der Waals surface area contributed by atoms with Crippen LogP contribution in [-0.4, -0.2) is 24.7 Å². The molecule has 1 saturated carbocycles. The van der Waals surface area contributed by atoms with Gasteiger partial charge in [0.2, 0.25) is 5.88 Å². The molecule has 0 saturated heterocycles. The van der Waals surface area contributed by atoms with Gasteiger partial charge in [-0.25, -0.2) is 19.6 Å². The highest BCUT2D eigenvalue weighted by molar-refractivity contribution is 5.99. The van der Waals surface area contributed by atoms with Crippen LogP contribution in [-0.2, 0) is 0 Å². The second kappa shape index (κ2) is 8.16. The Morgan fingerprint density at radius 3 is 2.58 bits per heavy atom.